The average molecular weight is 362 g/mol. The van der Waals surface area contributed by atoms with Gasteiger partial charge in [0.05, 0.1) is 23.8 Å². The summed E-state index contributed by atoms with van der Waals surface area (Å²) in [6, 6.07) is 4.46. The fourth-order valence-corrected chi connectivity index (χ4v) is 2.34. The predicted molar refractivity (Wildman–Crippen MR) is 92.6 cm³/mol. The van der Waals surface area contributed by atoms with Crippen LogP contribution in [0.4, 0.5) is 5.69 Å². The lowest BCUT2D eigenvalue weighted by Gasteiger charge is -2.23. The molecule has 1 aliphatic rings. The molecule has 0 aliphatic carbocycles. The Morgan fingerprint density at radius 2 is 2.22 bits per heavy atom. The third-order valence-electron chi connectivity index (χ3n) is 3.25. The van der Waals surface area contributed by atoms with E-state index in [0.29, 0.717) is 42.6 Å². The molecule has 0 bridgehead atoms. The van der Waals surface area contributed by atoms with Crippen molar-refractivity contribution in [2.75, 3.05) is 31.6 Å². The van der Waals surface area contributed by atoms with Crippen molar-refractivity contribution in [3.8, 4) is 0 Å². The lowest BCUT2D eigenvalue weighted by atomic mass is 10.1. The number of anilines is 1. The van der Waals surface area contributed by atoms with Crippen LogP contribution in [0, 0.1) is 0 Å². The Kier molecular flexibility index (Phi) is 8.33. The Bertz CT molecular complexity index is 549. The van der Waals surface area contributed by atoms with E-state index < -0.39 is 0 Å². The first-order valence-corrected chi connectivity index (χ1v) is 7.69. The van der Waals surface area contributed by atoms with E-state index in [1.54, 1.807) is 18.2 Å². The molecule has 1 unspecified atom stereocenters. The molecule has 0 saturated carbocycles. The molecule has 1 heterocycles. The standard InChI is InChI=1S/C15H20ClN3O3.ClH/c1-2-5-18-14(20)11-4-3-10(8-12(11)16)19-15(21)13-9-22-7-6-17-13;/h3-4,8,13,17H,2,5-7,9H2,1H3,(H,18,20)(H,19,21);1H. The molecule has 0 radical (unpaired) electrons. The molecule has 2 rings (SSSR count). The smallest absolute Gasteiger partial charge is 0.252 e. The number of hydrogen-bond acceptors (Lipinski definition) is 4. The van der Waals surface area contributed by atoms with Gasteiger partial charge < -0.3 is 20.7 Å². The molecule has 1 aromatic carbocycles. The van der Waals surface area contributed by atoms with Gasteiger partial charge in [-0.1, -0.05) is 18.5 Å². The minimum Gasteiger partial charge on any atom is -0.378 e. The number of carbonyl (C=O) groups is 2. The van der Waals surface area contributed by atoms with E-state index in [4.69, 9.17) is 16.3 Å². The van der Waals surface area contributed by atoms with Crippen molar-refractivity contribution in [3.63, 3.8) is 0 Å². The van der Waals surface area contributed by atoms with Crippen LogP contribution >= 0.6 is 24.0 Å². The highest BCUT2D eigenvalue weighted by atomic mass is 35.5. The number of rotatable bonds is 5. The third-order valence-corrected chi connectivity index (χ3v) is 3.57. The molecule has 0 spiro atoms. The molecule has 6 nitrogen and oxygen atoms in total. The quantitative estimate of drug-likeness (QED) is 0.747. The zero-order valence-corrected chi connectivity index (χ0v) is 14.4. The van der Waals surface area contributed by atoms with E-state index in [0.717, 1.165) is 6.42 Å². The van der Waals surface area contributed by atoms with E-state index in [-0.39, 0.29) is 30.3 Å². The first-order valence-electron chi connectivity index (χ1n) is 7.31. The summed E-state index contributed by atoms with van der Waals surface area (Å²) in [5, 5.41) is 8.91. The summed E-state index contributed by atoms with van der Waals surface area (Å²) >= 11 is 6.12. The van der Waals surface area contributed by atoms with E-state index in [9.17, 15) is 9.59 Å². The summed E-state index contributed by atoms with van der Waals surface area (Å²) in [6.07, 6.45) is 0.855. The summed E-state index contributed by atoms with van der Waals surface area (Å²) in [4.78, 5) is 24.0. The molecule has 1 atom stereocenters. The Morgan fingerprint density at radius 3 is 2.83 bits per heavy atom. The summed E-state index contributed by atoms with van der Waals surface area (Å²) < 4.78 is 5.25. The molecule has 1 aliphatic heterocycles. The molecule has 1 fully saturated rings. The first-order chi connectivity index (χ1) is 10.6. The summed E-state index contributed by atoms with van der Waals surface area (Å²) in [6.45, 7) is 4.17. The monoisotopic (exact) mass is 361 g/mol. The van der Waals surface area contributed by atoms with Crippen LogP contribution in [-0.4, -0.2) is 44.2 Å². The maximum atomic E-state index is 12.1. The van der Waals surface area contributed by atoms with Crippen LogP contribution in [0.15, 0.2) is 18.2 Å². The fourth-order valence-electron chi connectivity index (χ4n) is 2.07. The Balaban J connectivity index is 0.00000264. The van der Waals surface area contributed by atoms with Gasteiger partial charge >= 0.3 is 0 Å². The van der Waals surface area contributed by atoms with Gasteiger partial charge in [0.2, 0.25) is 5.91 Å². The van der Waals surface area contributed by atoms with Crippen LogP contribution in [0.25, 0.3) is 0 Å². The topological polar surface area (TPSA) is 79.5 Å². The molecule has 1 aromatic rings. The molecule has 2 amide bonds. The second-order valence-electron chi connectivity index (χ2n) is 5.02. The van der Waals surface area contributed by atoms with Crippen LogP contribution in [0.5, 0.6) is 0 Å². The number of nitrogens with one attached hydrogen (secondary N) is 3. The molecule has 0 aromatic heterocycles. The maximum Gasteiger partial charge on any atom is 0.252 e. The molecular formula is C15H21Cl2N3O3. The van der Waals surface area contributed by atoms with Crippen molar-refractivity contribution in [3.05, 3.63) is 28.8 Å². The highest BCUT2D eigenvalue weighted by Gasteiger charge is 2.21. The van der Waals surface area contributed by atoms with Crippen molar-refractivity contribution >= 4 is 41.5 Å². The van der Waals surface area contributed by atoms with Crippen LogP contribution in [-0.2, 0) is 9.53 Å². The zero-order chi connectivity index (χ0) is 15.9. The molecular weight excluding hydrogens is 341 g/mol. The highest BCUT2D eigenvalue weighted by Crippen LogP contribution is 2.21. The summed E-state index contributed by atoms with van der Waals surface area (Å²) in [7, 11) is 0. The largest absolute Gasteiger partial charge is 0.378 e. The molecule has 128 valence electrons. The minimum absolute atomic E-state index is 0. The van der Waals surface area contributed by atoms with Crippen LogP contribution < -0.4 is 16.0 Å². The zero-order valence-electron chi connectivity index (χ0n) is 12.9. The lowest BCUT2D eigenvalue weighted by Crippen LogP contribution is -2.48. The van der Waals surface area contributed by atoms with E-state index in [1.165, 1.54) is 0 Å². The molecule has 1 saturated heterocycles. The van der Waals surface area contributed by atoms with E-state index in [1.807, 2.05) is 6.92 Å². The number of ether oxygens (including phenoxy) is 1. The second-order valence-corrected chi connectivity index (χ2v) is 5.43. The van der Waals surface area contributed by atoms with Crippen LogP contribution in [0.1, 0.15) is 23.7 Å². The fraction of sp³-hybridized carbons (Fsp3) is 0.467. The second kappa shape index (κ2) is 9.72. The first kappa shape index (κ1) is 19.7. The van der Waals surface area contributed by atoms with Gasteiger partial charge in [-0.15, -0.1) is 12.4 Å². The van der Waals surface area contributed by atoms with E-state index in [2.05, 4.69) is 16.0 Å². The van der Waals surface area contributed by atoms with Gasteiger partial charge in [0.1, 0.15) is 6.04 Å². The van der Waals surface area contributed by atoms with Crippen molar-refractivity contribution in [2.45, 2.75) is 19.4 Å². The normalized spacial score (nSPS) is 17.0. The average Bonchev–Trinajstić information content (AvgIpc) is 2.53. The Hall–Kier alpha value is -1.34. The van der Waals surface area contributed by atoms with Crippen LogP contribution in [0.3, 0.4) is 0 Å². The van der Waals surface area contributed by atoms with Gasteiger partial charge in [0.25, 0.3) is 5.91 Å². The Morgan fingerprint density at radius 1 is 1.43 bits per heavy atom. The van der Waals surface area contributed by atoms with Gasteiger partial charge in [0, 0.05) is 18.8 Å². The predicted octanol–water partition coefficient (Wildman–Crippen LogP) is 1.83. The Labute approximate surface area is 146 Å². The minimum atomic E-state index is -0.375. The number of carbonyl (C=O) groups excluding carboxylic acids is 2. The number of morpholine rings is 1. The van der Waals surface area contributed by atoms with Gasteiger partial charge in [-0.05, 0) is 24.6 Å². The van der Waals surface area contributed by atoms with Crippen LogP contribution in [0.2, 0.25) is 5.02 Å². The summed E-state index contributed by atoms with van der Waals surface area (Å²) in [5.74, 6) is -0.397. The van der Waals surface area contributed by atoms with Gasteiger partial charge in [0.15, 0.2) is 0 Å². The van der Waals surface area contributed by atoms with Crippen molar-refractivity contribution in [2.24, 2.45) is 0 Å². The van der Waals surface area contributed by atoms with Gasteiger partial charge in [-0.2, -0.15) is 0 Å². The number of hydrogen-bond donors (Lipinski definition) is 3. The van der Waals surface area contributed by atoms with Gasteiger partial charge in [-0.3, -0.25) is 9.59 Å². The maximum absolute atomic E-state index is 12.1. The van der Waals surface area contributed by atoms with Crippen molar-refractivity contribution in [1.82, 2.24) is 10.6 Å². The molecule has 3 N–H and O–H groups in total. The SMILES string of the molecule is CCCNC(=O)c1ccc(NC(=O)C2COCCN2)cc1Cl.Cl. The van der Waals surface area contributed by atoms with E-state index >= 15 is 0 Å². The van der Waals surface area contributed by atoms with Crippen molar-refractivity contribution < 1.29 is 14.3 Å². The van der Waals surface area contributed by atoms with Crippen molar-refractivity contribution in [1.29, 1.82) is 0 Å². The lowest BCUT2D eigenvalue weighted by molar-refractivity contribution is -0.120. The molecule has 23 heavy (non-hydrogen) atoms. The molecule has 8 heteroatoms. The highest BCUT2D eigenvalue weighted by molar-refractivity contribution is 6.34. The summed E-state index contributed by atoms with van der Waals surface area (Å²) in [5.41, 5.74) is 0.946. The number of halogens is 2. The third kappa shape index (κ3) is 5.66. The number of amides is 2. The van der Waals surface area contributed by atoms with Gasteiger partial charge in [-0.25, -0.2) is 0 Å². The number of benzene rings is 1.